The van der Waals surface area contributed by atoms with Gasteiger partial charge in [-0.25, -0.2) is 4.99 Å². The molecule has 0 unspecified atom stereocenters. The molecule has 0 saturated carbocycles. The van der Waals surface area contributed by atoms with Crippen LogP contribution in [0.25, 0.3) is 0 Å². The van der Waals surface area contributed by atoms with E-state index < -0.39 is 18.4 Å². The maximum absolute atomic E-state index is 11.4. The summed E-state index contributed by atoms with van der Waals surface area (Å²) in [5.74, 6) is -1.65. The van der Waals surface area contributed by atoms with E-state index in [-0.39, 0.29) is 18.4 Å². The van der Waals surface area contributed by atoms with Crippen LogP contribution < -0.4 is 16.8 Å². The first kappa shape index (κ1) is 15.7. The second kappa shape index (κ2) is 7.13. The molecule has 6 N–H and O–H groups in total. The molecule has 1 aromatic rings. The molecule has 0 heterocycles. The fourth-order valence-electron chi connectivity index (χ4n) is 1.09. The van der Waals surface area contributed by atoms with Gasteiger partial charge < -0.3 is 21.9 Å². The summed E-state index contributed by atoms with van der Waals surface area (Å²) in [6, 6.07) is 6.10. The molecule has 8 heteroatoms. The second-order valence-corrected chi connectivity index (χ2v) is 3.16. The zero-order chi connectivity index (χ0) is 12.8. The van der Waals surface area contributed by atoms with Gasteiger partial charge in [-0.05, 0) is 24.3 Å². The Bertz CT molecular complexity index is 455. The lowest BCUT2D eigenvalue weighted by molar-refractivity contribution is -0.135. The minimum absolute atomic E-state index is 0. The number of benzene rings is 1. The lowest BCUT2D eigenvalue weighted by Gasteiger charge is -2.02. The van der Waals surface area contributed by atoms with E-state index in [0.29, 0.717) is 11.3 Å². The number of carbonyl (C=O) groups is 2. The van der Waals surface area contributed by atoms with Crippen LogP contribution in [-0.4, -0.2) is 29.5 Å². The summed E-state index contributed by atoms with van der Waals surface area (Å²) in [6.07, 6.45) is 0. The number of hydrogen-bond acceptors (Lipinski definition) is 3. The van der Waals surface area contributed by atoms with Crippen molar-refractivity contribution in [2.24, 2.45) is 16.5 Å². The van der Waals surface area contributed by atoms with E-state index >= 15 is 0 Å². The maximum Gasteiger partial charge on any atom is 0.322 e. The Hall–Kier alpha value is -2.28. The van der Waals surface area contributed by atoms with Gasteiger partial charge in [0.05, 0.1) is 5.69 Å². The zero-order valence-electron chi connectivity index (χ0n) is 9.29. The monoisotopic (exact) mass is 272 g/mol. The Morgan fingerprint density at radius 1 is 1.22 bits per heavy atom. The highest BCUT2D eigenvalue weighted by Crippen LogP contribution is 2.12. The summed E-state index contributed by atoms with van der Waals surface area (Å²) in [4.78, 5) is 25.5. The van der Waals surface area contributed by atoms with Crippen LogP contribution in [0.15, 0.2) is 29.3 Å². The van der Waals surface area contributed by atoms with Crippen LogP contribution in [0.2, 0.25) is 0 Å². The molecule has 0 aliphatic rings. The van der Waals surface area contributed by atoms with Crippen molar-refractivity contribution in [2.45, 2.75) is 0 Å². The number of halogens is 1. The summed E-state index contributed by atoms with van der Waals surface area (Å²) < 4.78 is 0. The number of carbonyl (C=O) groups excluding carboxylic acids is 1. The maximum atomic E-state index is 11.4. The van der Waals surface area contributed by atoms with E-state index in [0.717, 1.165) is 0 Å². The van der Waals surface area contributed by atoms with E-state index in [9.17, 15) is 9.59 Å². The smallest absolute Gasteiger partial charge is 0.322 e. The van der Waals surface area contributed by atoms with Crippen molar-refractivity contribution in [1.82, 2.24) is 5.32 Å². The molecule has 0 radical (unpaired) electrons. The van der Waals surface area contributed by atoms with E-state index in [1.54, 1.807) is 12.1 Å². The SMILES string of the molecule is Cl.NC(N)=Nc1ccc(C(=O)NCC(=O)O)cc1. The van der Waals surface area contributed by atoms with Crippen molar-refractivity contribution >= 4 is 35.9 Å². The average molecular weight is 273 g/mol. The lowest BCUT2D eigenvalue weighted by Crippen LogP contribution is -2.29. The summed E-state index contributed by atoms with van der Waals surface area (Å²) in [7, 11) is 0. The van der Waals surface area contributed by atoms with Crippen LogP contribution in [0.5, 0.6) is 0 Å². The number of nitrogens with zero attached hydrogens (tertiary/aromatic N) is 1. The number of guanidine groups is 1. The van der Waals surface area contributed by atoms with Crippen molar-refractivity contribution in [2.75, 3.05) is 6.54 Å². The molecule has 0 atom stereocenters. The number of carboxylic acid groups (broad SMARTS) is 1. The van der Waals surface area contributed by atoms with Gasteiger partial charge >= 0.3 is 5.97 Å². The number of aliphatic carboxylic acids is 1. The van der Waals surface area contributed by atoms with Gasteiger partial charge in [0.15, 0.2) is 5.96 Å². The summed E-state index contributed by atoms with van der Waals surface area (Å²) >= 11 is 0. The molecule has 7 nitrogen and oxygen atoms in total. The highest BCUT2D eigenvalue weighted by Gasteiger charge is 2.06. The Kier molecular flexibility index (Phi) is 6.22. The molecule has 1 amide bonds. The minimum Gasteiger partial charge on any atom is -0.480 e. The third kappa shape index (κ3) is 5.17. The topological polar surface area (TPSA) is 131 Å². The Balaban J connectivity index is 0.00000289. The number of rotatable bonds is 4. The Morgan fingerprint density at radius 3 is 2.22 bits per heavy atom. The van der Waals surface area contributed by atoms with Gasteiger partial charge in [-0.2, -0.15) is 0 Å². The molecule has 0 spiro atoms. The van der Waals surface area contributed by atoms with Crippen molar-refractivity contribution in [3.05, 3.63) is 29.8 Å². The first-order valence-corrected chi connectivity index (χ1v) is 4.68. The summed E-state index contributed by atoms with van der Waals surface area (Å²) in [5, 5.41) is 10.6. The molecular weight excluding hydrogens is 260 g/mol. The van der Waals surface area contributed by atoms with Crippen LogP contribution >= 0.6 is 12.4 Å². The predicted octanol–water partition coefficient (Wildman–Crippen LogP) is -0.172. The minimum atomic E-state index is -1.10. The van der Waals surface area contributed by atoms with Crippen LogP contribution in [0.3, 0.4) is 0 Å². The van der Waals surface area contributed by atoms with E-state index in [2.05, 4.69) is 10.3 Å². The van der Waals surface area contributed by atoms with Crippen molar-refractivity contribution in [3.63, 3.8) is 0 Å². The van der Waals surface area contributed by atoms with Crippen molar-refractivity contribution in [3.8, 4) is 0 Å². The fourth-order valence-corrected chi connectivity index (χ4v) is 1.09. The fraction of sp³-hybridized carbons (Fsp3) is 0.100. The highest BCUT2D eigenvalue weighted by atomic mass is 35.5. The van der Waals surface area contributed by atoms with Crippen LogP contribution in [0.1, 0.15) is 10.4 Å². The number of nitrogens with one attached hydrogen (secondary N) is 1. The molecular formula is C10H13ClN4O3. The first-order valence-electron chi connectivity index (χ1n) is 4.68. The number of carboxylic acids is 1. The zero-order valence-corrected chi connectivity index (χ0v) is 10.1. The molecule has 0 aromatic heterocycles. The average Bonchev–Trinajstić information content (AvgIpc) is 2.26. The van der Waals surface area contributed by atoms with Crippen LogP contribution in [0.4, 0.5) is 5.69 Å². The molecule has 0 bridgehead atoms. The molecule has 1 rings (SSSR count). The van der Waals surface area contributed by atoms with Crippen LogP contribution in [0, 0.1) is 0 Å². The molecule has 1 aromatic carbocycles. The molecule has 18 heavy (non-hydrogen) atoms. The summed E-state index contributed by atoms with van der Waals surface area (Å²) in [5.41, 5.74) is 11.2. The highest BCUT2D eigenvalue weighted by molar-refractivity contribution is 5.96. The van der Waals surface area contributed by atoms with Crippen molar-refractivity contribution in [1.29, 1.82) is 0 Å². The third-order valence-electron chi connectivity index (χ3n) is 1.79. The molecule has 0 fully saturated rings. The number of aliphatic imine (C=N–C) groups is 1. The largest absolute Gasteiger partial charge is 0.480 e. The van der Waals surface area contributed by atoms with E-state index in [1.165, 1.54) is 12.1 Å². The van der Waals surface area contributed by atoms with Gasteiger partial charge in [-0.15, -0.1) is 12.4 Å². The normalized spacial score (nSPS) is 8.89. The van der Waals surface area contributed by atoms with Gasteiger partial charge in [0.25, 0.3) is 5.91 Å². The van der Waals surface area contributed by atoms with Gasteiger partial charge in [-0.1, -0.05) is 0 Å². The number of nitrogens with two attached hydrogens (primary N) is 2. The van der Waals surface area contributed by atoms with Gasteiger partial charge in [0.2, 0.25) is 0 Å². The molecule has 0 saturated heterocycles. The number of amides is 1. The third-order valence-corrected chi connectivity index (χ3v) is 1.79. The first-order chi connectivity index (χ1) is 7.99. The molecule has 0 aliphatic heterocycles. The summed E-state index contributed by atoms with van der Waals surface area (Å²) in [6.45, 7) is -0.422. The lowest BCUT2D eigenvalue weighted by atomic mass is 10.2. The Labute approximate surface area is 109 Å². The second-order valence-electron chi connectivity index (χ2n) is 3.16. The molecule has 98 valence electrons. The standard InChI is InChI=1S/C10H12N4O3.ClH/c11-10(12)14-7-3-1-6(2-4-7)9(17)13-5-8(15)16;/h1-4H,5H2,(H,13,17)(H,15,16)(H4,11,12,14);1H. The van der Waals surface area contributed by atoms with E-state index in [4.69, 9.17) is 16.6 Å². The van der Waals surface area contributed by atoms with Gasteiger partial charge in [0.1, 0.15) is 6.54 Å². The van der Waals surface area contributed by atoms with E-state index in [1.807, 2.05) is 0 Å². The Morgan fingerprint density at radius 2 is 1.78 bits per heavy atom. The van der Waals surface area contributed by atoms with Gasteiger partial charge in [-0.3, -0.25) is 9.59 Å². The predicted molar refractivity (Wildman–Crippen MR) is 69.1 cm³/mol. The quantitative estimate of drug-likeness (QED) is 0.446. The van der Waals surface area contributed by atoms with Gasteiger partial charge in [0, 0.05) is 5.56 Å². The van der Waals surface area contributed by atoms with Crippen molar-refractivity contribution < 1.29 is 14.7 Å². The number of hydrogen-bond donors (Lipinski definition) is 4. The molecule has 0 aliphatic carbocycles. The van der Waals surface area contributed by atoms with Crippen LogP contribution in [-0.2, 0) is 4.79 Å².